The molecule has 2 rings (SSSR count). The van der Waals surface area contributed by atoms with Gasteiger partial charge >= 0.3 is 5.97 Å². The SMILES string of the molecule is CC(C)Cc1nc(C2CCC(C)CC2)oc1C(=O)O. The lowest BCUT2D eigenvalue weighted by molar-refractivity contribution is 0.0657. The summed E-state index contributed by atoms with van der Waals surface area (Å²) in [5, 5.41) is 9.20. The van der Waals surface area contributed by atoms with Crippen molar-refractivity contribution in [1.29, 1.82) is 0 Å². The quantitative estimate of drug-likeness (QED) is 0.897. The molecule has 0 unspecified atom stereocenters. The highest BCUT2D eigenvalue weighted by Gasteiger charge is 2.27. The zero-order valence-corrected chi connectivity index (χ0v) is 12.0. The Morgan fingerprint density at radius 3 is 2.53 bits per heavy atom. The number of oxazole rings is 1. The molecular formula is C15H23NO3. The van der Waals surface area contributed by atoms with Crippen molar-refractivity contribution in [2.75, 3.05) is 0 Å². The van der Waals surface area contributed by atoms with Crippen LogP contribution in [-0.2, 0) is 6.42 Å². The molecule has 0 saturated heterocycles. The van der Waals surface area contributed by atoms with Gasteiger partial charge in [-0.25, -0.2) is 9.78 Å². The maximum absolute atomic E-state index is 11.2. The van der Waals surface area contributed by atoms with Gasteiger partial charge in [-0.15, -0.1) is 0 Å². The van der Waals surface area contributed by atoms with Crippen LogP contribution >= 0.6 is 0 Å². The monoisotopic (exact) mass is 265 g/mol. The number of hydrogen-bond donors (Lipinski definition) is 1. The number of aromatic nitrogens is 1. The Hall–Kier alpha value is -1.32. The van der Waals surface area contributed by atoms with Gasteiger partial charge in [0.15, 0.2) is 5.89 Å². The van der Waals surface area contributed by atoms with Gasteiger partial charge in [0.05, 0.1) is 5.69 Å². The fraction of sp³-hybridized carbons (Fsp3) is 0.733. The Balaban J connectivity index is 2.19. The fourth-order valence-electron chi connectivity index (χ4n) is 2.74. The lowest BCUT2D eigenvalue weighted by atomic mass is 9.83. The maximum atomic E-state index is 11.2. The molecule has 1 N–H and O–H groups in total. The summed E-state index contributed by atoms with van der Waals surface area (Å²) in [6, 6.07) is 0. The standard InChI is InChI=1S/C15H23NO3/c1-9(2)8-12-13(15(17)18)19-14(16-12)11-6-4-10(3)5-7-11/h9-11H,4-8H2,1-3H3,(H,17,18). The molecule has 1 heterocycles. The number of hydrogen-bond acceptors (Lipinski definition) is 3. The van der Waals surface area contributed by atoms with Gasteiger partial charge in [-0.3, -0.25) is 0 Å². The van der Waals surface area contributed by atoms with Gasteiger partial charge in [-0.1, -0.05) is 20.8 Å². The topological polar surface area (TPSA) is 63.3 Å². The molecule has 4 heteroatoms. The Bertz CT molecular complexity index is 442. The van der Waals surface area contributed by atoms with Gasteiger partial charge < -0.3 is 9.52 Å². The largest absolute Gasteiger partial charge is 0.475 e. The molecule has 1 aromatic rings. The molecule has 1 aliphatic carbocycles. The first kappa shape index (κ1) is 14.1. The second-order valence-corrected chi connectivity index (χ2v) is 6.19. The Kier molecular flexibility index (Phi) is 4.27. The summed E-state index contributed by atoms with van der Waals surface area (Å²) in [5.41, 5.74) is 0.608. The van der Waals surface area contributed by atoms with Crippen molar-refractivity contribution in [2.45, 2.75) is 58.8 Å². The molecule has 0 atom stereocenters. The average molecular weight is 265 g/mol. The molecule has 106 valence electrons. The second-order valence-electron chi connectivity index (χ2n) is 6.19. The van der Waals surface area contributed by atoms with E-state index in [9.17, 15) is 9.90 Å². The second kappa shape index (κ2) is 5.76. The van der Waals surface area contributed by atoms with Crippen LogP contribution in [0.15, 0.2) is 4.42 Å². The highest BCUT2D eigenvalue weighted by atomic mass is 16.4. The normalized spacial score (nSPS) is 23.8. The van der Waals surface area contributed by atoms with E-state index in [2.05, 4.69) is 25.8 Å². The van der Waals surface area contributed by atoms with E-state index in [0.717, 1.165) is 18.8 Å². The summed E-state index contributed by atoms with van der Waals surface area (Å²) in [6.07, 6.45) is 5.13. The number of nitrogens with zero attached hydrogens (tertiary/aromatic N) is 1. The molecule has 0 spiro atoms. The third-order valence-electron chi connectivity index (χ3n) is 3.87. The van der Waals surface area contributed by atoms with Crippen LogP contribution in [-0.4, -0.2) is 16.1 Å². The van der Waals surface area contributed by atoms with Crippen LogP contribution in [0, 0.1) is 11.8 Å². The minimum absolute atomic E-state index is 0.0438. The average Bonchev–Trinajstić information content (AvgIpc) is 2.73. The summed E-state index contributed by atoms with van der Waals surface area (Å²) >= 11 is 0. The van der Waals surface area contributed by atoms with E-state index in [0.29, 0.717) is 29.8 Å². The molecule has 4 nitrogen and oxygen atoms in total. The number of aromatic carboxylic acids is 1. The molecule has 0 aromatic carbocycles. The Labute approximate surface area is 114 Å². The Morgan fingerprint density at radius 1 is 1.37 bits per heavy atom. The molecule has 19 heavy (non-hydrogen) atoms. The van der Waals surface area contributed by atoms with E-state index in [1.54, 1.807) is 0 Å². The van der Waals surface area contributed by atoms with Gasteiger partial charge in [0.1, 0.15) is 0 Å². The molecule has 0 amide bonds. The molecule has 0 radical (unpaired) electrons. The third kappa shape index (κ3) is 3.37. The predicted octanol–water partition coefficient (Wildman–Crippen LogP) is 3.87. The van der Waals surface area contributed by atoms with Gasteiger partial charge in [-0.2, -0.15) is 0 Å². The summed E-state index contributed by atoms with van der Waals surface area (Å²) < 4.78 is 5.54. The highest BCUT2D eigenvalue weighted by Crippen LogP contribution is 2.36. The molecule has 1 saturated carbocycles. The van der Waals surface area contributed by atoms with Crippen molar-refractivity contribution in [3.05, 3.63) is 17.3 Å². The minimum Gasteiger partial charge on any atom is -0.475 e. The van der Waals surface area contributed by atoms with Crippen molar-refractivity contribution < 1.29 is 14.3 Å². The van der Waals surface area contributed by atoms with Crippen molar-refractivity contribution in [2.24, 2.45) is 11.8 Å². The van der Waals surface area contributed by atoms with Crippen LogP contribution in [0.3, 0.4) is 0 Å². The lowest BCUT2D eigenvalue weighted by Gasteiger charge is -2.23. The molecular weight excluding hydrogens is 242 g/mol. The minimum atomic E-state index is -1.00. The molecule has 0 bridgehead atoms. The number of carbonyl (C=O) groups is 1. The van der Waals surface area contributed by atoms with E-state index < -0.39 is 5.97 Å². The van der Waals surface area contributed by atoms with Gasteiger partial charge in [-0.05, 0) is 43.9 Å². The van der Waals surface area contributed by atoms with E-state index in [-0.39, 0.29) is 5.76 Å². The summed E-state index contributed by atoms with van der Waals surface area (Å²) in [4.78, 5) is 15.7. The summed E-state index contributed by atoms with van der Waals surface area (Å²) in [5.74, 6) is 1.12. The van der Waals surface area contributed by atoms with Crippen molar-refractivity contribution in [3.8, 4) is 0 Å². The lowest BCUT2D eigenvalue weighted by Crippen LogP contribution is -2.11. The molecule has 1 aromatic heterocycles. The predicted molar refractivity (Wildman–Crippen MR) is 72.4 cm³/mol. The van der Waals surface area contributed by atoms with E-state index >= 15 is 0 Å². The van der Waals surface area contributed by atoms with Crippen LogP contribution in [0.25, 0.3) is 0 Å². The first-order valence-electron chi connectivity index (χ1n) is 7.20. The Morgan fingerprint density at radius 2 is 2.00 bits per heavy atom. The zero-order valence-electron chi connectivity index (χ0n) is 12.0. The zero-order chi connectivity index (χ0) is 14.0. The summed E-state index contributed by atoms with van der Waals surface area (Å²) in [7, 11) is 0. The van der Waals surface area contributed by atoms with Crippen molar-refractivity contribution in [3.63, 3.8) is 0 Å². The van der Waals surface area contributed by atoms with Gasteiger partial charge in [0.25, 0.3) is 0 Å². The van der Waals surface area contributed by atoms with Crippen LogP contribution in [0.1, 0.15) is 74.5 Å². The van der Waals surface area contributed by atoms with E-state index in [1.165, 1.54) is 12.8 Å². The van der Waals surface area contributed by atoms with E-state index in [1.807, 2.05) is 0 Å². The molecule has 1 fully saturated rings. The van der Waals surface area contributed by atoms with Crippen LogP contribution in [0.4, 0.5) is 0 Å². The van der Waals surface area contributed by atoms with E-state index in [4.69, 9.17) is 4.42 Å². The highest BCUT2D eigenvalue weighted by molar-refractivity contribution is 5.85. The fourth-order valence-corrected chi connectivity index (χ4v) is 2.74. The number of carboxylic acid groups (broad SMARTS) is 1. The van der Waals surface area contributed by atoms with Crippen LogP contribution in [0.5, 0.6) is 0 Å². The number of carboxylic acids is 1. The van der Waals surface area contributed by atoms with Crippen LogP contribution in [0.2, 0.25) is 0 Å². The first-order chi connectivity index (χ1) is 8.97. The molecule has 1 aliphatic rings. The van der Waals surface area contributed by atoms with Crippen LogP contribution < -0.4 is 0 Å². The van der Waals surface area contributed by atoms with Gasteiger partial charge in [0.2, 0.25) is 5.76 Å². The van der Waals surface area contributed by atoms with Crippen molar-refractivity contribution in [1.82, 2.24) is 4.98 Å². The maximum Gasteiger partial charge on any atom is 0.373 e. The summed E-state index contributed by atoms with van der Waals surface area (Å²) in [6.45, 7) is 6.38. The molecule has 0 aliphatic heterocycles. The third-order valence-corrected chi connectivity index (χ3v) is 3.87. The van der Waals surface area contributed by atoms with Gasteiger partial charge in [0, 0.05) is 5.92 Å². The smallest absolute Gasteiger partial charge is 0.373 e. The number of rotatable bonds is 4. The first-order valence-corrected chi connectivity index (χ1v) is 7.20. The van der Waals surface area contributed by atoms with Crippen molar-refractivity contribution >= 4 is 5.97 Å².